The van der Waals surface area contributed by atoms with E-state index in [2.05, 4.69) is 0 Å². The van der Waals surface area contributed by atoms with Crippen molar-refractivity contribution < 1.29 is 28.2 Å². The molecule has 3 atom stereocenters. The maximum absolute atomic E-state index is 15.0. The highest BCUT2D eigenvalue weighted by molar-refractivity contribution is 5.85. The Labute approximate surface area is 170 Å². The summed E-state index contributed by atoms with van der Waals surface area (Å²) in [6, 6.07) is 4.93. The zero-order valence-corrected chi connectivity index (χ0v) is 17.4. The zero-order valence-electron chi connectivity index (χ0n) is 17.4. The van der Waals surface area contributed by atoms with E-state index in [1.54, 1.807) is 58.0 Å². The summed E-state index contributed by atoms with van der Waals surface area (Å²) in [6.07, 6.45) is -2.24. The van der Waals surface area contributed by atoms with Gasteiger partial charge in [0.1, 0.15) is 12.7 Å². The van der Waals surface area contributed by atoms with Crippen LogP contribution in [0.3, 0.4) is 0 Å². The van der Waals surface area contributed by atoms with E-state index in [4.69, 9.17) is 10.5 Å². The number of alkyl halides is 2. The molecule has 6 nitrogen and oxygen atoms in total. The van der Waals surface area contributed by atoms with E-state index >= 15 is 8.78 Å². The van der Waals surface area contributed by atoms with Crippen molar-refractivity contribution in [3.8, 4) is 0 Å². The van der Waals surface area contributed by atoms with Crippen LogP contribution in [0.5, 0.6) is 0 Å². The molecule has 0 aliphatic heterocycles. The zero-order chi connectivity index (χ0) is 22.2. The molecule has 4 N–H and O–H groups in total. The van der Waals surface area contributed by atoms with Gasteiger partial charge in [-0.05, 0) is 23.8 Å². The van der Waals surface area contributed by atoms with Crippen molar-refractivity contribution in [2.45, 2.75) is 71.3 Å². The van der Waals surface area contributed by atoms with Crippen LogP contribution in [0, 0.1) is 11.8 Å². The molecule has 164 valence electrons. The predicted molar refractivity (Wildman–Crippen MR) is 106 cm³/mol. The number of carbonyl (C=O) groups excluding carboxylic acids is 2. The van der Waals surface area contributed by atoms with Crippen LogP contribution < -0.4 is 11.1 Å². The van der Waals surface area contributed by atoms with Crippen LogP contribution in [0.15, 0.2) is 30.3 Å². The van der Waals surface area contributed by atoms with Gasteiger partial charge < -0.3 is 20.9 Å². The van der Waals surface area contributed by atoms with Crippen molar-refractivity contribution in [1.29, 1.82) is 0 Å². The number of nitrogens with two attached hydrogens (primary N) is 1. The Bertz CT molecular complexity index is 653. The SMILES string of the molecule is CC(C)CC(=O)NC(C(=O)OCc1ccccc1)C(F)(F)C(O)C(N)CC(C)C. The van der Waals surface area contributed by atoms with Crippen molar-refractivity contribution >= 4 is 11.9 Å². The first kappa shape index (κ1) is 25.0. The molecule has 1 rings (SSSR count). The Morgan fingerprint density at radius 3 is 2.24 bits per heavy atom. The summed E-state index contributed by atoms with van der Waals surface area (Å²) in [7, 11) is 0. The quantitative estimate of drug-likeness (QED) is 0.483. The minimum absolute atomic E-state index is 0.0329. The van der Waals surface area contributed by atoms with E-state index in [0.717, 1.165) is 0 Å². The van der Waals surface area contributed by atoms with Gasteiger partial charge >= 0.3 is 11.9 Å². The topological polar surface area (TPSA) is 102 Å². The van der Waals surface area contributed by atoms with Crippen LogP contribution >= 0.6 is 0 Å². The van der Waals surface area contributed by atoms with Crippen LogP contribution in [0.4, 0.5) is 8.78 Å². The van der Waals surface area contributed by atoms with Gasteiger partial charge in [0.25, 0.3) is 0 Å². The van der Waals surface area contributed by atoms with E-state index in [9.17, 15) is 14.7 Å². The van der Waals surface area contributed by atoms with Crippen molar-refractivity contribution in [2.24, 2.45) is 17.6 Å². The number of hydrogen-bond donors (Lipinski definition) is 3. The molecule has 3 unspecified atom stereocenters. The highest BCUT2D eigenvalue weighted by Gasteiger charge is 2.54. The fourth-order valence-electron chi connectivity index (χ4n) is 2.84. The third-order valence-electron chi connectivity index (χ3n) is 4.29. The molecule has 0 saturated carbocycles. The summed E-state index contributed by atoms with van der Waals surface area (Å²) < 4.78 is 35.0. The molecule has 0 aromatic heterocycles. The van der Waals surface area contributed by atoms with E-state index in [0.29, 0.717) is 5.56 Å². The van der Waals surface area contributed by atoms with Gasteiger partial charge in [0, 0.05) is 12.5 Å². The second-order valence-electron chi connectivity index (χ2n) is 8.10. The molecule has 29 heavy (non-hydrogen) atoms. The van der Waals surface area contributed by atoms with Gasteiger partial charge in [0.05, 0.1) is 0 Å². The Hall–Kier alpha value is -2.06. The van der Waals surface area contributed by atoms with Crippen LogP contribution in [0.25, 0.3) is 0 Å². The summed E-state index contributed by atoms with van der Waals surface area (Å²) in [4.78, 5) is 24.6. The number of rotatable bonds is 11. The monoisotopic (exact) mass is 414 g/mol. The Balaban J connectivity index is 3.01. The lowest BCUT2D eigenvalue weighted by Gasteiger charge is -2.33. The average molecular weight is 414 g/mol. The molecule has 1 amide bonds. The maximum Gasteiger partial charge on any atom is 0.335 e. The van der Waals surface area contributed by atoms with Crippen LogP contribution in [0.1, 0.15) is 46.1 Å². The maximum atomic E-state index is 15.0. The number of carbonyl (C=O) groups is 2. The lowest BCUT2D eigenvalue weighted by molar-refractivity contribution is -0.178. The fraction of sp³-hybridized carbons (Fsp3) is 0.619. The molecule has 8 heteroatoms. The summed E-state index contributed by atoms with van der Waals surface area (Å²) >= 11 is 0. The Kier molecular flexibility index (Phi) is 9.65. The predicted octanol–water partition coefficient (Wildman–Crippen LogP) is 2.63. The number of aliphatic hydroxyl groups excluding tert-OH is 1. The minimum Gasteiger partial charge on any atom is -0.459 e. The van der Waals surface area contributed by atoms with E-state index in [1.165, 1.54) is 0 Å². The van der Waals surface area contributed by atoms with Crippen molar-refractivity contribution in [2.75, 3.05) is 0 Å². The number of aliphatic hydroxyl groups is 1. The number of esters is 1. The smallest absolute Gasteiger partial charge is 0.335 e. The molecule has 0 spiro atoms. The minimum atomic E-state index is -4.01. The molecular formula is C21H32F2N2O4. The molecule has 0 saturated heterocycles. The number of hydrogen-bond acceptors (Lipinski definition) is 5. The van der Waals surface area contributed by atoms with Crippen LogP contribution in [0.2, 0.25) is 0 Å². The largest absolute Gasteiger partial charge is 0.459 e. The van der Waals surface area contributed by atoms with Crippen LogP contribution in [-0.4, -0.2) is 41.1 Å². The molecule has 0 aliphatic carbocycles. The van der Waals surface area contributed by atoms with Gasteiger partial charge in [-0.25, -0.2) is 13.6 Å². The van der Waals surface area contributed by atoms with E-state index in [-0.39, 0.29) is 31.3 Å². The molecule has 1 aromatic rings. The second kappa shape index (κ2) is 11.2. The van der Waals surface area contributed by atoms with Crippen molar-refractivity contribution in [1.82, 2.24) is 5.32 Å². The van der Waals surface area contributed by atoms with Crippen molar-refractivity contribution in [3.63, 3.8) is 0 Å². The normalized spacial score (nSPS) is 15.1. The van der Waals surface area contributed by atoms with Crippen LogP contribution in [-0.2, 0) is 20.9 Å². The number of benzene rings is 1. The third kappa shape index (κ3) is 8.06. The lowest BCUT2D eigenvalue weighted by Crippen LogP contribution is -2.62. The van der Waals surface area contributed by atoms with Gasteiger partial charge in [-0.1, -0.05) is 58.0 Å². The Morgan fingerprint density at radius 2 is 1.72 bits per heavy atom. The van der Waals surface area contributed by atoms with Gasteiger partial charge in [-0.2, -0.15) is 0 Å². The Morgan fingerprint density at radius 1 is 1.14 bits per heavy atom. The first-order valence-electron chi connectivity index (χ1n) is 9.76. The number of ether oxygens (including phenoxy) is 1. The third-order valence-corrected chi connectivity index (χ3v) is 4.29. The fourth-order valence-corrected chi connectivity index (χ4v) is 2.84. The molecule has 0 bridgehead atoms. The second-order valence-corrected chi connectivity index (χ2v) is 8.10. The number of halogens is 2. The van der Waals surface area contributed by atoms with Crippen molar-refractivity contribution in [3.05, 3.63) is 35.9 Å². The number of amides is 1. The van der Waals surface area contributed by atoms with Gasteiger partial charge in [0.15, 0.2) is 6.04 Å². The highest BCUT2D eigenvalue weighted by atomic mass is 19.3. The molecule has 0 aliphatic rings. The highest BCUT2D eigenvalue weighted by Crippen LogP contribution is 2.28. The average Bonchev–Trinajstić information content (AvgIpc) is 2.63. The molecule has 0 radical (unpaired) electrons. The molecule has 0 fully saturated rings. The molecular weight excluding hydrogens is 382 g/mol. The van der Waals surface area contributed by atoms with E-state index < -0.39 is 36.0 Å². The summed E-state index contributed by atoms with van der Waals surface area (Å²) in [5, 5.41) is 12.2. The van der Waals surface area contributed by atoms with Gasteiger partial charge in [-0.3, -0.25) is 4.79 Å². The summed E-state index contributed by atoms with van der Waals surface area (Å²) in [5.74, 6) is -6.20. The number of nitrogens with one attached hydrogen (secondary N) is 1. The van der Waals surface area contributed by atoms with Gasteiger partial charge in [-0.15, -0.1) is 0 Å². The summed E-state index contributed by atoms with van der Waals surface area (Å²) in [6.45, 7) is 6.81. The lowest BCUT2D eigenvalue weighted by atomic mass is 9.92. The first-order chi connectivity index (χ1) is 13.4. The standard InChI is InChI=1S/C21H32F2N2O4/c1-13(2)10-16(24)19(27)21(22,23)18(25-17(26)11-14(3)4)20(28)29-12-15-8-6-5-7-9-15/h5-9,13-14,16,18-19,27H,10-12,24H2,1-4H3,(H,25,26). The van der Waals surface area contributed by atoms with Gasteiger partial charge in [0.2, 0.25) is 5.91 Å². The molecule has 1 aromatic carbocycles. The molecule has 0 heterocycles. The first-order valence-corrected chi connectivity index (χ1v) is 9.76. The summed E-state index contributed by atoms with van der Waals surface area (Å²) in [5.41, 5.74) is 6.33. The van der Waals surface area contributed by atoms with E-state index in [1.807, 2.05) is 5.32 Å².